The van der Waals surface area contributed by atoms with Gasteiger partial charge in [-0.2, -0.15) is 5.26 Å². The predicted molar refractivity (Wildman–Crippen MR) is 126 cm³/mol. The number of rotatable bonds is 8. The van der Waals surface area contributed by atoms with Crippen molar-refractivity contribution in [2.24, 2.45) is 0 Å². The number of nitriles is 1. The highest BCUT2D eigenvalue weighted by atomic mass is 16.5. The summed E-state index contributed by atoms with van der Waals surface area (Å²) in [7, 11) is 1.61. The van der Waals surface area contributed by atoms with E-state index in [2.05, 4.69) is 11.0 Å². The van der Waals surface area contributed by atoms with E-state index in [4.69, 9.17) is 14.5 Å². The van der Waals surface area contributed by atoms with E-state index in [-0.39, 0.29) is 18.1 Å². The molecule has 1 saturated heterocycles. The number of anilines is 1. The maximum absolute atomic E-state index is 12.5. The fourth-order valence-electron chi connectivity index (χ4n) is 4.40. The summed E-state index contributed by atoms with van der Waals surface area (Å²) in [4.78, 5) is 21.5. The maximum atomic E-state index is 12.5. The average molecular weight is 449 g/mol. The first-order valence-corrected chi connectivity index (χ1v) is 11.7. The van der Waals surface area contributed by atoms with Gasteiger partial charge in [-0.25, -0.2) is 4.98 Å². The molecule has 1 aromatic carbocycles. The highest BCUT2D eigenvalue weighted by Gasteiger charge is 2.33. The van der Waals surface area contributed by atoms with Gasteiger partial charge in [-0.05, 0) is 32.3 Å². The molecule has 2 aromatic rings. The van der Waals surface area contributed by atoms with Gasteiger partial charge in [0.2, 0.25) is 5.91 Å². The Balaban J connectivity index is 1.55. The third kappa shape index (κ3) is 5.28. The lowest BCUT2D eigenvalue weighted by Crippen LogP contribution is -2.54. The Labute approximate surface area is 195 Å². The van der Waals surface area contributed by atoms with E-state index < -0.39 is 0 Å². The first-order chi connectivity index (χ1) is 16.0. The van der Waals surface area contributed by atoms with Crippen LogP contribution < -0.4 is 9.64 Å². The van der Waals surface area contributed by atoms with Crippen molar-refractivity contribution < 1.29 is 14.3 Å². The molecule has 7 heteroatoms. The van der Waals surface area contributed by atoms with E-state index in [9.17, 15) is 10.1 Å². The third-order valence-electron chi connectivity index (χ3n) is 6.42. The standard InChI is InChI=1S/C26H32N4O3/c1-18-17-29(12-13-30(18)24(31)11-14-32-3)26-22(16-27)15-23(25(28-26)21-9-10-21)33-19(2)20-7-5-4-6-8-20/h4-8,15,18-19,21H,9-14,17H2,1-3H3/t18-,19+/m1/s1. The van der Waals surface area contributed by atoms with Gasteiger partial charge in [-0.3, -0.25) is 4.79 Å². The smallest absolute Gasteiger partial charge is 0.225 e. The lowest BCUT2D eigenvalue weighted by Gasteiger charge is -2.41. The molecule has 1 amide bonds. The van der Waals surface area contributed by atoms with E-state index in [1.54, 1.807) is 7.11 Å². The molecule has 2 fully saturated rings. The third-order valence-corrected chi connectivity index (χ3v) is 6.42. The Hall–Kier alpha value is -3.11. The SMILES string of the molecule is COCCC(=O)N1CCN(c2nc(C3CC3)c(O[C@@H](C)c3ccccc3)cc2C#N)C[C@H]1C. The monoisotopic (exact) mass is 448 g/mol. The topological polar surface area (TPSA) is 78.7 Å². The minimum atomic E-state index is -0.135. The summed E-state index contributed by atoms with van der Waals surface area (Å²) >= 11 is 0. The molecule has 1 aliphatic carbocycles. The summed E-state index contributed by atoms with van der Waals surface area (Å²) in [6.45, 7) is 6.40. The van der Waals surface area contributed by atoms with Gasteiger partial charge in [-0.1, -0.05) is 30.3 Å². The van der Waals surface area contributed by atoms with Gasteiger partial charge in [0.1, 0.15) is 23.7 Å². The van der Waals surface area contributed by atoms with Crippen molar-refractivity contribution in [2.45, 2.75) is 51.2 Å². The van der Waals surface area contributed by atoms with Crippen molar-refractivity contribution >= 4 is 11.7 Å². The zero-order chi connectivity index (χ0) is 23.4. The fraction of sp³-hybridized carbons (Fsp3) is 0.500. The summed E-state index contributed by atoms with van der Waals surface area (Å²) in [5.74, 6) is 1.89. The number of ether oxygens (including phenoxy) is 2. The average Bonchev–Trinajstić information content (AvgIpc) is 3.68. The van der Waals surface area contributed by atoms with Gasteiger partial charge in [0.15, 0.2) is 0 Å². The molecule has 0 radical (unpaired) electrons. The predicted octanol–water partition coefficient (Wildman–Crippen LogP) is 4.04. The molecule has 1 aromatic heterocycles. The molecule has 0 unspecified atom stereocenters. The second kappa shape index (κ2) is 10.2. The zero-order valence-electron chi connectivity index (χ0n) is 19.7. The largest absolute Gasteiger partial charge is 0.484 e. The molecule has 2 aliphatic rings. The number of piperazine rings is 1. The number of carbonyl (C=O) groups is 1. The highest BCUT2D eigenvalue weighted by Crippen LogP contribution is 2.45. The second-order valence-electron chi connectivity index (χ2n) is 8.92. The maximum Gasteiger partial charge on any atom is 0.225 e. The highest BCUT2D eigenvalue weighted by molar-refractivity contribution is 5.77. The summed E-state index contributed by atoms with van der Waals surface area (Å²) in [5.41, 5.74) is 2.55. The van der Waals surface area contributed by atoms with Crippen LogP contribution in [0.25, 0.3) is 0 Å². The van der Waals surface area contributed by atoms with Gasteiger partial charge in [-0.15, -0.1) is 0 Å². The lowest BCUT2D eigenvalue weighted by atomic mass is 10.1. The van der Waals surface area contributed by atoms with Crippen molar-refractivity contribution in [3.63, 3.8) is 0 Å². The molecule has 4 rings (SSSR count). The van der Waals surface area contributed by atoms with Crippen LogP contribution in [0.4, 0.5) is 5.82 Å². The molecular formula is C26H32N4O3. The zero-order valence-corrected chi connectivity index (χ0v) is 19.7. The Morgan fingerprint density at radius 2 is 2.03 bits per heavy atom. The number of nitrogens with zero attached hydrogens (tertiary/aromatic N) is 4. The van der Waals surface area contributed by atoms with E-state index >= 15 is 0 Å². The van der Waals surface area contributed by atoms with Crippen molar-refractivity contribution in [1.29, 1.82) is 5.26 Å². The summed E-state index contributed by atoms with van der Waals surface area (Å²) in [5, 5.41) is 9.92. The molecular weight excluding hydrogens is 416 g/mol. The van der Waals surface area contributed by atoms with Crippen LogP contribution in [0.5, 0.6) is 5.75 Å². The first kappa shape index (κ1) is 23.1. The van der Waals surface area contributed by atoms with Crippen molar-refractivity contribution in [1.82, 2.24) is 9.88 Å². The number of pyridine rings is 1. The molecule has 1 aliphatic heterocycles. The Bertz CT molecular complexity index is 1020. The number of methoxy groups -OCH3 is 1. The Kier molecular flexibility index (Phi) is 7.14. The lowest BCUT2D eigenvalue weighted by molar-refractivity contribution is -0.134. The van der Waals surface area contributed by atoms with Gasteiger partial charge in [0.05, 0.1) is 24.3 Å². The Morgan fingerprint density at radius 3 is 2.67 bits per heavy atom. The number of carbonyl (C=O) groups excluding carboxylic acids is 1. The molecule has 33 heavy (non-hydrogen) atoms. The fourth-order valence-corrected chi connectivity index (χ4v) is 4.40. The summed E-state index contributed by atoms with van der Waals surface area (Å²) in [6.07, 6.45) is 2.43. The molecule has 174 valence electrons. The van der Waals surface area contributed by atoms with Crippen LogP contribution in [0.3, 0.4) is 0 Å². The molecule has 2 atom stereocenters. The van der Waals surface area contributed by atoms with Crippen LogP contribution >= 0.6 is 0 Å². The van der Waals surface area contributed by atoms with Crippen molar-refractivity contribution in [2.75, 3.05) is 38.3 Å². The molecule has 7 nitrogen and oxygen atoms in total. The molecule has 2 heterocycles. The molecule has 0 spiro atoms. The van der Waals surface area contributed by atoms with Crippen LogP contribution in [0, 0.1) is 11.3 Å². The van der Waals surface area contributed by atoms with Gasteiger partial charge in [0, 0.05) is 44.8 Å². The van der Waals surface area contributed by atoms with Crippen LogP contribution in [0.2, 0.25) is 0 Å². The van der Waals surface area contributed by atoms with E-state index in [0.29, 0.717) is 55.7 Å². The number of aromatic nitrogens is 1. The number of amides is 1. The van der Waals surface area contributed by atoms with Crippen LogP contribution in [0.15, 0.2) is 36.4 Å². The number of hydrogen-bond acceptors (Lipinski definition) is 6. The van der Waals surface area contributed by atoms with Crippen LogP contribution in [-0.4, -0.2) is 55.2 Å². The van der Waals surface area contributed by atoms with E-state index in [1.807, 2.05) is 55.1 Å². The summed E-state index contributed by atoms with van der Waals surface area (Å²) < 4.78 is 11.4. The summed E-state index contributed by atoms with van der Waals surface area (Å²) in [6, 6.07) is 14.3. The quantitative estimate of drug-likeness (QED) is 0.606. The van der Waals surface area contributed by atoms with E-state index in [1.165, 1.54) is 0 Å². The minimum Gasteiger partial charge on any atom is -0.484 e. The van der Waals surface area contributed by atoms with Gasteiger partial charge < -0.3 is 19.3 Å². The first-order valence-electron chi connectivity index (χ1n) is 11.7. The normalized spacial score (nSPS) is 19.2. The van der Waals surface area contributed by atoms with Gasteiger partial charge in [0.25, 0.3) is 0 Å². The molecule has 0 bridgehead atoms. The molecule has 1 saturated carbocycles. The van der Waals surface area contributed by atoms with E-state index in [0.717, 1.165) is 24.1 Å². The van der Waals surface area contributed by atoms with Gasteiger partial charge >= 0.3 is 0 Å². The van der Waals surface area contributed by atoms with Crippen LogP contribution in [0.1, 0.15) is 62.0 Å². The molecule has 0 N–H and O–H groups in total. The second-order valence-corrected chi connectivity index (χ2v) is 8.92. The number of benzene rings is 1. The van der Waals surface area contributed by atoms with Crippen LogP contribution in [-0.2, 0) is 9.53 Å². The number of hydrogen-bond donors (Lipinski definition) is 0. The van der Waals surface area contributed by atoms with Crippen molar-refractivity contribution in [3.8, 4) is 11.8 Å². The minimum absolute atomic E-state index is 0.0369. The Morgan fingerprint density at radius 1 is 1.27 bits per heavy atom. The van der Waals surface area contributed by atoms with Crippen molar-refractivity contribution in [3.05, 3.63) is 53.2 Å².